The van der Waals surface area contributed by atoms with Crippen LogP contribution in [0.1, 0.15) is 24.5 Å². The minimum absolute atomic E-state index is 0.137. The average Bonchev–Trinajstić information content (AvgIpc) is 2.20. The van der Waals surface area contributed by atoms with Crippen molar-refractivity contribution < 1.29 is 30.7 Å². The summed E-state index contributed by atoms with van der Waals surface area (Å²) < 4.78 is 88.8. The van der Waals surface area contributed by atoms with Crippen molar-refractivity contribution >= 4 is 0 Å². The first-order valence-electron chi connectivity index (χ1n) is 4.63. The highest BCUT2D eigenvalue weighted by atomic mass is 19.4. The zero-order chi connectivity index (χ0) is 13.4. The van der Waals surface area contributed by atoms with Crippen LogP contribution in [0.5, 0.6) is 0 Å². The number of benzene rings is 1. The molecular formula is C10H7F7. The summed E-state index contributed by atoms with van der Waals surface area (Å²) in [6.45, 7) is 1.46. The van der Waals surface area contributed by atoms with Gasteiger partial charge in [-0.3, -0.25) is 0 Å². The van der Waals surface area contributed by atoms with Crippen molar-refractivity contribution in [1.29, 1.82) is 0 Å². The lowest BCUT2D eigenvalue weighted by atomic mass is 10.0. The summed E-state index contributed by atoms with van der Waals surface area (Å²) in [6.07, 6.45) is -5.73. The molecule has 0 amide bonds. The van der Waals surface area contributed by atoms with E-state index in [-0.39, 0.29) is 12.8 Å². The van der Waals surface area contributed by atoms with Gasteiger partial charge >= 0.3 is 6.18 Å². The molecule has 96 valence electrons. The fourth-order valence-electron chi connectivity index (χ4n) is 1.40. The van der Waals surface area contributed by atoms with Crippen LogP contribution in [0, 0.1) is 23.3 Å². The molecule has 0 saturated heterocycles. The standard InChI is InChI=1S/C10H7F7/c1-2-3-4-6(11)8(13)5(10(15,16)17)9(14)7(4)12/h2-3H2,1H3. The average molecular weight is 260 g/mol. The Morgan fingerprint density at radius 3 is 1.53 bits per heavy atom. The highest BCUT2D eigenvalue weighted by Gasteiger charge is 2.42. The molecule has 0 atom stereocenters. The summed E-state index contributed by atoms with van der Waals surface area (Å²) in [4.78, 5) is 0. The molecule has 0 heterocycles. The molecule has 0 bridgehead atoms. The summed E-state index contributed by atoms with van der Waals surface area (Å²) in [5.74, 6) is -8.78. The molecule has 0 aliphatic heterocycles. The lowest BCUT2D eigenvalue weighted by Gasteiger charge is -2.13. The second kappa shape index (κ2) is 4.54. The van der Waals surface area contributed by atoms with Crippen LogP contribution in [0.4, 0.5) is 30.7 Å². The maximum Gasteiger partial charge on any atom is 0.422 e. The molecule has 0 N–H and O–H groups in total. The van der Waals surface area contributed by atoms with Gasteiger partial charge < -0.3 is 0 Å². The minimum Gasteiger partial charge on any atom is -0.203 e. The number of hydrogen-bond donors (Lipinski definition) is 0. The smallest absolute Gasteiger partial charge is 0.203 e. The molecule has 7 heteroatoms. The Hall–Kier alpha value is -1.27. The van der Waals surface area contributed by atoms with Crippen molar-refractivity contribution in [3.8, 4) is 0 Å². The zero-order valence-corrected chi connectivity index (χ0v) is 8.56. The van der Waals surface area contributed by atoms with Crippen molar-refractivity contribution in [3.05, 3.63) is 34.4 Å². The third kappa shape index (κ3) is 2.37. The highest BCUT2D eigenvalue weighted by Crippen LogP contribution is 2.37. The second-order valence-corrected chi connectivity index (χ2v) is 3.36. The van der Waals surface area contributed by atoms with Crippen LogP contribution in [0.15, 0.2) is 0 Å². The number of rotatable bonds is 2. The molecule has 17 heavy (non-hydrogen) atoms. The molecule has 1 rings (SSSR count). The van der Waals surface area contributed by atoms with Gasteiger partial charge in [0.25, 0.3) is 0 Å². The molecular weight excluding hydrogens is 253 g/mol. The van der Waals surface area contributed by atoms with Gasteiger partial charge in [-0.25, -0.2) is 17.6 Å². The lowest BCUT2D eigenvalue weighted by molar-refractivity contribution is -0.143. The van der Waals surface area contributed by atoms with Crippen molar-refractivity contribution in [2.75, 3.05) is 0 Å². The maximum absolute atomic E-state index is 13.1. The Morgan fingerprint density at radius 1 is 0.824 bits per heavy atom. The molecule has 0 radical (unpaired) electrons. The van der Waals surface area contributed by atoms with E-state index in [0.29, 0.717) is 0 Å². The van der Waals surface area contributed by atoms with Crippen LogP contribution in [0.25, 0.3) is 0 Å². The normalized spacial score (nSPS) is 12.0. The summed E-state index contributed by atoms with van der Waals surface area (Å²) in [5, 5.41) is 0. The van der Waals surface area contributed by atoms with E-state index in [1.807, 2.05) is 0 Å². The summed E-state index contributed by atoms with van der Waals surface area (Å²) in [5.41, 5.74) is -3.54. The van der Waals surface area contributed by atoms with Gasteiger partial charge in [0, 0.05) is 5.56 Å². The van der Waals surface area contributed by atoms with Gasteiger partial charge in [-0.05, 0) is 6.42 Å². The molecule has 0 spiro atoms. The zero-order valence-electron chi connectivity index (χ0n) is 8.56. The van der Waals surface area contributed by atoms with Crippen LogP contribution < -0.4 is 0 Å². The van der Waals surface area contributed by atoms with E-state index in [0.717, 1.165) is 0 Å². The molecule has 0 aliphatic rings. The highest BCUT2D eigenvalue weighted by molar-refractivity contribution is 5.31. The molecule has 1 aromatic carbocycles. The lowest BCUT2D eigenvalue weighted by Crippen LogP contribution is -2.17. The van der Waals surface area contributed by atoms with Gasteiger partial charge in [-0.2, -0.15) is 13.2 Å². The summed E-state index contributed by atoms with van der Waals surface area (Å²) in [6, 6.07) is 0. The SMILES string of the molecule is CCCc1c(F)c(F)c(C(F)(F)F)c(F)c1F. The van der Waals surface area contributed by atoms with Gasteiger partial charge in [0.1, 0.15) is 5.56 Å². The van der Waals surface area contributed by atoms with Crippen molar-refractivity contribution in [2.24, 2.45) is 0 Å². The summed E-state index contributed by atoms with van der Waals surface area (Å²) in [7, 11) is 0. The van der Waals surface area contributed by atoms with E-state index in [1.165, 1.54) is 6.92 Å². The van der Waals surface area contributed by atoms with E-state index in [4.69, 9.17) is 0 Å². The molecule has 0 aromatic heterocycles. The molecule has 0 saturated carbocycles. The first-order chi connectivity index (χ1) is 7.71. The van der Waals surface area contributed by atoms with Gasteiger partial charge in [-0.1, -0.05) is 13.3 Å². The second-order valence-electron chi connectivity index (χ2n) is 3.36. The molecule has 1 aromatic rings. The van der Waals surface area contributed by atoms with Crippen molar-refractivity contribution in [1.82, 2.24) is 0 Å². The minimum atomic E-state index is -5.49. The quantitative estimate of drug-likeness (QED) is 0.551. The van der Waals surface area contributed by atoms with Crippen molar-refractivity contribution in [2.45, 2.75) is 25.9 Å². The van der Waals surface area contributed by atoms with Gasteiger partial charge in [0.15, 0.2) is 23.3 Å². The van der Waals surface area contributed by atoms with Gasteiger partial charge in [0.2, 0.25) is 0 Å². The Balaban J connectivity index is 3.59. The number of hydrogen-bond acceptors (Lipinski definition) is 0. The van der Waals surface area contributed by atoms with E-state index in [2.05, 4.69) is 0 Å². The Morgan fingerprint density at radius 2 is 1.24 bits per heavy atom. The third-order valence-corrected chi connectivity index (χ3v) is 2.14. The van der Waals surface area contributed by atoms with E-state index in [1.54, 1.807) is 0 Å². The van der Waals surface area contributed by atoms with Crippen molar-refractivity contribution in [3.63, 3.8) is 0 Å². The third-order valence-electron chi connectivity index (χ3n) is 2.14. The van der Waals surface area contributed by atoms with Crippen LogP contribution >= 0.6 is 0 Å². The predicted molar refractivity (Wildman–Crippen MR) is 45.3 cm³/mol. The maximum atomic E-state index is 13.1. The van der Waals surface area contributed by atoms with Crippen LogP contribution in [-0.4, -0.2) is 0 Å². The fourth-order valence-corrected chi connectivity index (χ4v) is 1.40. The molecule has 0 fully saturated rings. The summed E-state index contributed by atoms with van der Waals surface area (Å²) >= 11 is 0. The van der Waals surface area contributed by atoms with Crippen LogP contribution in [-0.2, 0) is 12.6 Å². The fraction of sp³-hybridized carbons (Fsp3) is 0.400. The van der Waals surface area contributed by atoms with Gasteiger partial charge in [-0.15, -0.1) is 0 Å². The van der Waals surface area contributed by atoms with E-state index in [9.17, 15) is 30.7 Å². The topological polar surface area (TPSA) is 0 Å². The van der Waals surface area contributed by atoms with E-state index >= 15 is 0 Å². The van der Waals surface area contributed by atoms with E-state index < -0.39 is 40.6 Å². The number of halogens is 7. The van der Waals surface area contributed by atoms with Crippen LogP contribution in [0.3, 0.4) is 0 Å². The first-order valence-corrected chi connectivity index (χ1v) is 4.63. The Labute approximate surface area is 92.0 Å². The molecule has 0 aliphatic carbocycles. The largest absolute Gasteiger partial charge is 0.422 e. The first kappa shape index (κ1) is 13.8. The van der Waals surface area contributed by atoms with Gasteiger partial charge in [0.05, 0.1) is 0 Å². The Kier molecular flexibility index (Phi) is 3.68. The molecule has 0 nitrogen and oxygen atoms in total. The van der Waals surface area contributed by atoms with Crippen LogP contribution in [0.2, 0.25) is 0 Å². The molecule has 0 unspecified atom stereocenters. The number of alkyl halides is 3. The predicted octanol–water partition coefficient (Wildman–Crippen LogP) is 4.21. The monoisotopic (exact) mass is 260 g/mol. The Bertz CT molecular complexity index is 404.